The number of hydrogen-bond acceptors (Lipinski definition) is 3. The monoisotopic (exact) mass is 257 g/mol. The molecule has 0 bridgehead atoms. The highest BCUT2D eigenvalue weighted by Crippen LogP contribution is 2.41. The van der Waals surface area contributed by atoms with Gasteiger partial charge in [0.1, 0.15) is 0 Å². The van der Waals surface area contributed by atoms with Crippen LogP contribution in [0.25, 0.3) is 0 Å². The maximum atomic E-state index is 13.4. The van der Waals surface area contributed by atoms with Gasteiger partial charge in [0.25, 0.3) is 5.92 Å². The summed E-state index contributed by atoms with van der Waals surface area (Å²) in [6.45, 7) is 1.58. The van der Waals surface area contributed by atoms with Crippen LogP contribution < -0.4 is 15.2 Å². The lowest BCUT2D eigenvalue weighted by atomic mass is 10.0. The quantitative estimate of drug-likeness (QED) is 0.825. The Kier molecular flexibility index (Phi) is 3.71. The van der Waals surface area contributed by atoms with Crippen LogP contribution in [0.15, 0.2) is 12.1 Å². The fraction of sp³-hybridized carbons (Fsp3) is 0.538. The summed E-state index contributed by atoms with van der Waals surface area (Å²) < 4.78 is 37.3. The lowest BCUT2D eigenvalue weighted by Gasteiger charge is -2.14. The fourth-order valence-electron chi connectivity index (χ4n) is 1.98. The van der Waals surface area contributed by atoms with Crippen LogP contribution >= 0.6 is 0 Å². The van der Waals surface area contributed by atoms with Crippen molar-refractivity contribution in [2.75, 3.05) is 13.3 Å². The van der Waals surface area contributed by atoms with Crippen molar-refractivity contribution < 1.29 is 18.3 Å². The van der Waals surface area contributed by atoms with Crippen molar-refractivity contribution in [2.24, 2.45) is 5.73 Å². The molecule has 0 spiro atoms. The van der Waals surface area contributed by atoms with Crippen molar-refractivity contribution in [2.45, 2.75) is 32.1 Å². The molecule has 0 radical (unpaired) electrons. The van der Waals surface area contributed by atoms with Crippen LogP contribution in [0.3, 0.4) is 0 Å². The Bertz CT molecular complexity index is 430. The number of alkyl halides is 2. The smallest absolute Gasteiger partial charge is 0.270 e. The van der Waals surface area contributed by atoms with E-state index in [0.29, 0.717) is 24.5 Å². The predicted molar refractivity (Wildman–Crippen MR) is 64.1 cm³/mol. The molecule has 18 heavy (non-hydrogen) atoms. The van der Waals surface area contributed by atoms with Crippen LogP contribution in [0.1, 0.15) is 30.9 Å². The van der Waals surface area contributed by atoms with Crippen molar-refractivity contribution in [1.82, 2.24) is 0 Å². The number of benzene rings is 1. The first-order chi connectivity index (χ1) is 8.52. The molecule has 0 aromatic heterocycles. The first-order valence-electron chi connectivity index (χ1n) is 6.03. The molecule has 0 aliphatic carbocycles. The number of fused-ring (bicyclic) bond motifs is 1. The highest BCUT2D eigenvalue weighted by Gasteiger charge is 2.29. The molecule has 1 aromatic rings. The molecule has 1 aromatic carbocycles. The van der Waals surface area contributed by atoms with Crippen molar-refractivity contribution in [3.63, 3.8) is 0 Å². The summed E-state index contributed by atoms with van der Waals surface area (Å²) in [5.41, 5.74) is 6.17. The van der Waals surface area contributed by atoms with Gasteiger partial charge in [-0.05, 0) is 43.5 Å². The number of aryl methyl sites for hydroxylation is 1. The molecular weight excluding hydrogens is 240 g/mol. The first-order valence-corrected chi connectivity index (χ1v) is 6.03. The second-order valence-corrected chi connectivity index (χ2v) is 4.50. The topological polar surface area (TPSA) is 44.5 Å². The summed E-state index contributed by atoms with van der Waals surface area (Å²) in [7, 11) is 0. The lowest BCUT2D eigenvalue weighted by Crippen LogP contribution is -2.08. The van der Waals surface area contributed by atoms with Gasteiger partial charge in [0.15, 0.2) is 11.5 Å². The average Bonchev–Trinajstić information content (AvgIpc) is 2.76. The van der Waals surface area contributed by atoms with E-state index in [-0.39, 0.29) is 12.4 Å². The van der Waals surface area contributed by atoms with Crippen LogP contribution in [-0.2, 0) is 12.3 Å². The minimum atomic E-state index is -2.87. The zero-order valence-electron chi connectivity index (χ0n) is 10.3. The van der Waals surface area contributed by atoms with Gasteiger partial charge in [0, 0.05) is 12.5 Å². The molecule has 100 valence electrons. The zero-order valence-corrected chi connectivity index (χ0v) is 10.3. The standard InChI is InChI=1S/C13H17F2NO2/c1-13(14,15)10-6-9(4-2-3-5-16)12-11(7-10)17-8-18-12/h6-7H,2-5,8,16H2,1H3. The van der Waals surface area contributed by atoms with Gasteiger partial charge in [0.2, 0.25) is 6.79 Å². The van der Waals surface area contributed by atoms with E-state index in [1.807, 2.05) is 0 Å². The molecule has 3 nitrogen and oxygen atoms in total. The number of hydrogen-bond donors (Lipinski definition) is 1. The van der Waals surface area contributed by atoms with E-state index in [2.05, 4.69) is 0 Å². The van der Waals surface area contributed by atoms with E-state index in [0.717, 1.165) is 25.3 Å². The Morgan fingerprint density at radius 3 is 2.72 bits per heavy atom. The summed E-state index contributed by atoms with van der Waals surface area (Å²) in [4.78, 5) is 0. The molecule has 0 amide bonds. The maximum Gasteiger partial charge on any atom is 0.270 e. The van der Waals surface area contributed by atoms with Gasteiger partial charge in [0.05, 0.1) is 0 Å². The van der Waals surface area contributed by atoms with Gasteiger partial charge in [-0.2, -0.15) is 0 Å². The number of halogens is 2. The number of rotatable bonds is 5. The second-order valence-electron chi connectivity index (χ2n) is 4.50. The largest absolute Gasteiger partial charge is 0.454 e. The lowest BCUT2D eigenvalue weighted by molar-refractivity contribution is 0.0172. The Morgan fingerprint density at radius 1 is 1.28 bits per heavy atom. The molecule has 1 heterocycles. The molecule has 2 N–H and O–H groups in total. The van der Waals surface area contributed by atoms with Gasteiger partial charge in [-0.25, -0.2) is 8.78 Å². The van der Waals surface area contributed by atoms with Crippen molar-refractivity contribution in [1.29, 1.82) is 0 Å². The van der Waals surface area contributed by atoms with Gasteiger partial charge in [-0.1, -0.05) is 0 Å². The van der Waals surface area contributed by atoms with E-state index in [4.69, 9.17) is 15.2 Å². The third kappa shape index (κ3) is 2.72. The predicted octanol–water partition coefficient (Wildman–Crippen LogP) is 2.81. The van der Waals surface area contributed by atoms with E-state index >= 15 is 0 Å². The van der Waals surface area contributed by atoms with Crippen LogP contribution in [0.2, 0.25) is 0 Å². The minimum Gasteiger partial charge on any atom is -0.454 e. The van der Waals surface area contributed by atoms with Crippen LogP contribution in [0, 0.1) is 0 Å². The first kappa shape index (κ1) is 13.1. The van der Waals surface area contributed by atoms with Crippen molar-refractivity contribution >= 4 is 0 Å². The van der Waals surface area contributed by atoms with Crippen molar-refractivity contribution in [3.05, 3.63) is 23.3 Å². The maximum absolute atomic E-state index is 13.4. The normalized spacial score (nSPS) is 14.0. The van der Waals surface area contributed by atoms with Gasteiger partial charge in [-0.3, -0.25) is 0 Å². The molecule has 2 rings (SSSR count). The highest BCUT2D eigenvalue weighted by atomic mass is 19.3. The van der Waals surface area contributed by atoms with E-state index < -0.39 is 5.92 Å². The number of unbranched alkanes of at least 4 members (excludes halogenated alkanes) is 1. The second kappa shape index (κ2) is 5.10. The molecular formula is C13H17F2NO2. The average molecular weight is 257 g/mol. The Morgan fingerprint density at radius 2 is 2.06 bits per heavy atom. The van der Waals surface area contributed by atoms with E-state index in [9.17, 15) is 8.78 Å². The zero-order chi connectivity index (χ0) is 13.2. The number of nitrogens with two attached hydrogens (primary N) is 1. The molecule has 0 unspecified atom stereocenters. The Balaban J connectivity index is 2.29. The Labute approximate surface area is 105 Å². The summed E-state index contributed by atoms with van der Waals surface area (Å²) in [6.07, 6.45) is 2.39. The molecule has 0 saturated carbocycles. The summed E-state index contributed by atoms with van der Waals surface area (Å²) >= 11 is 0. The van der Waals surface area contributed by atoms with Crippen molar-refractivity contribution in [3.8, 4) is 11.5 Å². The molecule has 1 aliphatic heterocycles. The highest BCUT2D eigenvalue weighted by molar-refractivity contribution is 5.51. The SMILES string of the molecule is CC(F)(F)c1cc(CCCCN)c2c(c1)OCO2. The molecule has 0 atom stereocenters. The van der Waals surface area contributed by atoms with Gasteiger partial charge < -0.3 is 15.2 Å². The number of ether oxygens (including phenoxy) is 2. The summed E-state index contributed by atoms with van der Waals surface area (Å²) in [5, 5.41) is 0. The van der Waals surface area contributed by atoms with Crippen LogP contribution in [-0.4, -0.2) is 13.3 Å². The van der Waals surface area contributed by atoms with Crippen LogP contribution in [0.5, 0.6) is 11.5 Å². The fourth-order valence-corrected chi connectivity index (χ4v) is 1.98. The van der Waals surface area contributed by atoms with Gasteiger partial charge >= 0.3 is 0 Å². The molecule has 0 saturated heterocycles. The minimum absolute atomic E-state index is 0.0329. The third-order valence-electron chi connectivity index (χ3n) is 2.96. The summed E-state index contributed by atoms with van der Waals surface area (Å²) in [5.74, 6) is -1.86. The summed E-state index contributed by atoms with van der Waals surface area (Å²) in [6, 6.07) is 2.86. The molecule has 1 aliphatic rings. The van der Waals surface area contributed by atoms with E-state index in [1.165, 1.54) is 12.1 Å². The Hall–Kier alpha value is -1.36. The molecule has 5 heteroatoms. The molecule has 0 fully saturated rings. The van der Waals surface area contributed by atoms with E-state index in [1.54, 1.807) is 0 Å². The van der Waals surface area contributed by atoms with Gasteiger partial charge in [-0.15, -0.1) is 0 Å². The third-order valence-corrected chi connectivity index (χ3v) is 2.96. The van der Waals surface area contributed by atoms with Crippen LogP contribution in [0.4, 0.5) is 8.78 Å².